The van der Waals surface area contributed by atoms with Crippen LogP contribution in [-0.4, -0.2) is 26.3 Å². The standard InChI is InChI=1S/C14H18BrN5/c1-9-13(10(2)19(3)18-9)12-5-4-6-20(12)14-16-7-11(15)8-17-14/h7-8,12H,4-6H2,1-3H3. The summed E-state index contributed by atoms with van der Waals surface area (Å²) in [6.45, 7) is 5.22. The second-order valence-electron chi connectivity index (χ2n) is 5.26. The zero-order valence-corrected chi connectivity index (χ0v) is 13.6. The highest BCUT2D eigenvalue weighted by atomic mass is 79.9. The topological polar surface area (TPSA) is 46.8 Å². The lowest BCUT2D eigenvalue weighted by atomic mass is 10.0. The Kier molecular flexibility index (Phi) is 3.50. The van der Waals surface area contributed by atoms with E-state index in [4.69, 9.17) is 0 Å². The minimum atomic E-state index is 0.338. The number of hydrogen-bond acceptors (Lipinski definition) is 4. The van der Waals surface area contributed by atoms with Crippen molar-refractivity contribution in [3.05, 3.63) is 33.8 Å². The molecule has 2 aromatic heterocycles. The monoisotopic (exact) mass is 335 g/mol. The van der Waals surface area contributed by atoms with Crippen LogP contribution in [0.15, 0.2) is 16.9 Å². The lowest BCUT2D eigenvalue weighted by Crippen LogP contribution is -2.25. The highest BCUT2D eigenvalue weighted by Crippen LogP contribution is 2.37. The number of halogens is 1. The Balaban J connectivity index is 1.98. The van der Waals surface area contributed by atoms with Crippen molar-refractivity contribution in [1.29, 1.82) is 0 Å². The minimum absolute atomic E-state index is 0.338. The SMILES string of the molecule is Cc1nn(C)c(C)c1C1CCCN1c1ncc(Br)cn1. The molecule has 1 aliphatic heterocycles. The van der Waals surface area contributed by atoms with Crippen LogP contribution in [0.25, 0.3) is 0 Å². The van der Waals surface area contributed by atoms with Crippen molar-refractivity contribution in [2.24, 2.45) is 7.05 Å². The molecule has 0 aromatic carbocycles. The molecular weight excluding hydrogens is 318 g/mol. The second kappa shape index (κ2) is 5.16. The summed E-state index contributed by atoms with van der Waals surface area (Å²) < 4.78 is 2.87. The molecule has 0 aliphatic carbocycles. The Hall–Kier alpha value is -1.43. The van der Waals surface area contributed by atoms with Crippen LogP contribution in [0.5, 0.6) is 0 Å². The summed E-state index contributed by atoms with van der Waals surface area (Å²) in [5.74, 6) is 0.804. The van der Waals surface area contributed by atoms with Crippen molar-refractivity contribution in [2.45, 2.75) is 32.7 Å². The molecule has 2 aromatic rings. The third kappa shape index (κ3) is 2.22. The van der Waals surface area contributed by atoms with Gasteiger partial charge in [-0.1, -0.05) is 0 Å². The van der Waals surface area contributed by atoms with Gasteiger partial charge in [0.1, 0.15) is 0 Å². The highest BCUT2D eigenvalue weighted by Gasteiger charge is 2.31. The zero-order valence-electron chi connectivity index (χ0n) is 12.0. The summed E-state index contributed by atoms with van der Waals surface area (Å²) in [6, 6.07) is 0.338. The van der Waals surface area contributed by atoms with Crippen LogP contribution in [0.2, 0.25) is 0 Å². The summed E-state index contributed by atoms with van der Waals surface area (Å²) in [5, 5.41) is 4.54. The van der Waals surface area contributed by atoms with E-state index in [1.54, 1.807) is 12.4 Å². The van der Waals surface area contributed by atoms with E-state index in [-0.39, 0.29) is 0 Å². The molecule has 1 aliphatic rings. The number of aryl methyl sites for hydroxylation is 2. The fourth-order valence-corrected chi connectivity index (χ4v) is 3.24. The minimum Gasteiger partial charge on any atom is -0.334 e. The van der Waals surface area contributed by atoms with Gasteiger partial charge in [0.05, 0.1) is 16.2 Å². The Morgan fingerprint density at radius 1 is 1.25 bits per heavy atom. The molecule has 6 heteroatoms. The van der Waals surface area contributed by atoms with Crippen molar-refractivity contribution in [3.63, 3.8) is 0 Å². The van der Waals surface area contributed by atoms with Gasteiger partial charge in [-0.15, -0.1) is 0 Å². The van der Waals surface area contributed by atoms with Crippen LogP contribution in [0.4, 0.5) is 5.95 Å². The highest BCUT2D eigenvalue weighted by molar-refractivity contribution is 9.10. The Morgan fingerprint density at radius 3 is 2.55 bits per heavy atom. The van der Waals surface area contributed by atoms with Gasteiger partial charge in [0.15, 0.2) is 0 Å². The smallest absolute Gasteiger partial charge is 0.225 e. The van der Waals surface area contributed by atoms with E-state index < -0.39 is 0 Å². The van der Waals surface area contributed by atoms with Gasteiger partial charge in [0.2, 0.25) is 5.95 Å². The van der Waals surface area contributed by atoms with Gasteiger partial charge in [-0.05, 0) is 42.6 Å². The molecule has 0 radical (unpaired) electrons. The third-order valence-corrected chi connectivity index (χ3v) is 4.42. The molecule has 1 fully saturated rings. The summed E-state index contributed by atoms with van der Waals surface area (Å²) in [6.07, 6.45) is 5.91. The molecule has 1 saturated heterocycles. The predicted octanol–water partition coefficient (Wildman–Crippen LogP) is 2.93. The predicted molar refractivity (Wildman–Crippen MR) is 81.7 cm³/mol. The normalized spacial score (nSPS) is 18.8. The molecule has 5 nitrogen and oxygen atoms in total. The van der Waals surface area contributed by atoms with Gasteiger partial charge in [-0.2, -0.15) is 5.10 Å². The maximum absolute atomic E-state index is 4.54. The zero-order chi connectivity index (χ0) is 14.3. The molecule has 0 saturated carbocycles. The van der Waals surface area contributed by atoms with Gasteiger partial charge in [0, 0.05) is 37.2 Å². The van der Waals surface area contributed by atoms with E-state index in [0.29, 0.717) is 6.04 Å². The Bertz CT molecular complexity index is 619. The molecule has 0 N–H and O–H groups in total. The largest absolute Gasteiger partial charge is 0.334 e. The fourth-order valence-electron chi connectivity index (χ4n) is 3.03. The van der Waals surface area contributed by atoms with Crippen molar-refractivity contribution in [2.75, 3.05) is 11.4 Å². The summed E-state index contributed by atoms with van der Waals surface area (Å²) in [7, 11) is 2.00. The van der Waals surface area contributed by atoms with Crippen molar-refractivity contribution >= 4 is 21.9 Å². The van der Waals surface area contributed by atoms with E-state index in [2.05, 4.69) is 49.7 Å². The van der Waals surface area contributed by atoms with E-state index in [1.807, 2.05) is 11.7 Å². The fraction of sp³-hybridized carbons (Fsp3) is 0.500. The van der Waals surface area contributed by atoms with Gasteiger partial charge in [-0.25, -0.2) is 9.97 Å². The summed E-state index contributed by atoms with van der Waals surface area (Å²) in [4.78, 5) is 11.2. The maximum atomic E-state index is 4.54. The van der Waals surface area contributed by atoms with E-state index in [9.17, 15) is 0 Å². The van der Waals surface area contributed by atoms with Crippen LogP contribution in [0, 0.1) is 13.8 Å². The molecule has 3 heterocycles. The van der Waals surface area contributed by atoms with Gasteiger partial charge < -0.3 is 4.90 Å². The number of aromatic nitrogens is 4. The number of hydrogen-bond donors (Lipinski definition) is 0. The molecule has 0 spiro atoms. The molecule has 1 unspecified atom stereocenters. The van der Waals surface area contributed by atoms with Crippen molar-refractivity contribution < 1.29 is 0 Å². The quantitative estimate of drug-likeness (QED) is 0.846. The van der Waals surface area contributed by atoms with Crippen LogP contribution in [0.3, 0.4) is 0 Å². The van der Waals surface area contributed by atoms with E-state index in [1.165, 1.54) is 11.3 Å². The van der Waals surface area contributed by atoms with E-state index >= 15 is 0 Å². The molecule has 3 rings (SSSR count). The number of nitrogens with zero attached hydrogens (tertiary/aromatic N) is 5. The molecule has 1 atom stereocenters. The average Bonchev–Trinajstić information content (AvgIpc) is 2.97. The molecule has 0 bridgehead atoms. The van der Waals surface area contributed by atoms with E-state index in [0.717, 1.165) is 35.5 Å². The number of anilines is 1. The summed E-state index contributed by atoms with van der Waals surface area (Å²) in [5.41, 5.74) is 3.67. The van der Waals surface area contributed by atoms with Crippen LogP contribution in [0.1, 0.15) is 35.8 Å². The van der Waals surface area contributed by atoms with Crippen molar-refractivity contribution in [1.82, 2.24) is 19.7 Å². The van der Waals surface area contributed by atoms with Crippen LogP contribution >= 0.6 is 15.9 Å². The Labute approximate surface area is 127 Å². The third-order valence-electron chi connectivity index (χ3n) is 4.01. The maximum Gasteiger partial charge on any atom is 0.225 e. The first-order chi connectivity index (χ1) is 9.58. The molecular formula is C14H18BrN5. The van der Waals surface area contributed by atoms with Crippen LogP contribution in [-0.2, 0) is 7.05 Å². The average molecular weight is 336 g/mol. The second-order valence-corrected chi connectivity index (χ2v) is 6.18. The Morgan fingerprint density at radius 2 is 1.95 bits per heavy atom. The summed E-state index contributed by atoms with van der Waals surface area (Å²) >= 11 is 3.38. The molecule has 0 amide bonds. The van der Waals surface area contributed by atoms with Crippen molar-refractivity contribution in [3.8, 4) is 0 Å². The first-order valence-corrected chi connectivity index (χ1v) is 7.61. The number of rotatable bonds is 2. The van der Waals surface area contributed by atoms with Gasteiger partial charge in [0.25, 0.3) is 0 Å². The van der Waals surface area contributed by atoms with Gasteiger partial charge >= 0.3 is 0 Å². The molecule has 106 valence electrons. The van der Waals surface area contributed by atoms with Gasteiger partial charge in [-0.3, -0.25) is 4.68 Å². The lowest BCUT2D eigenvalue weighted by molar-refractivity contribution is 0.686. The first kappa shape index (κ1) is 13.5. The molecule has 20 heavy (non-hydrogen) atoms. The first-order valence-electron chi connectivity index (χ1n) is 6.82. The van der Waals surface area contributed by atoms with Crippen LogP contribution < -0.4 is 4.90 Å². The lowest BCUT2D eigenvalue weighted by Gasteiger charge is -2.25.